The highest BCUT2D eigenvalue weighted by molar-refractivity contribution is 6.51. The van der Waals surface area contributed by atoms with E-state index in [4.69, 9.17) is 0 Å². The monoisotopic (exact) mass is 440 g/mol. The van der Waals surface area contributed by atoms with Gasteiger partial charge in [-0.3, -0.25) is 19.3 Å². The standard InChI is InChI=1S/C27H24N2O4/c1-16-9-10-20(15-17(16)2)25(31)23-24(19-7-5-4-6-8-19)29(27(33)26(23)32)22-13-11-21(12-14-22)28-18(3)30/h4-15,24,31H,1-3H3,(H,28,30)/b25-23-. The van der Waals surface area contributed by atoms with Crippen molar-refractivity contribution in [2.75, 3.05) is 10.2 Å². The number of amides is 2. The number of aryl methyl sites for hydroxylation is 2. The third-order valence-corrected chi connectivity index (χ3v) is 5.81. The lowest BCUT2D eigenvalue weighted by atomic mass is 9.94. The number of nitrogens with zero attached hydrogens (tertiary/aromatic N) is 1. The van der Waals surface area contributed by atoms with Crippen LogP contribution in [0.4, 0.5) is 11.4 Å². The van der Waals surface area contributed by atoms with Crippen LogP contribution in [0.3, 0.4) is 0 Å². The van der Waals surface area contributed by atoms with Gasteiger partial charge in [0, 0.05) is 23.9 Å². The van der Waals surface area contributed by atoms with E-state index in [0.29, 0.717) is 22.5 Å². The number of benzene rings is 3. The van der Waals surface area contributed by atoms with Crippen LogP contribution in [0.5, 0.6) is 0 Å². The van der Waals surface area contributed by atoms with E-state index in [-0.39, 0.29) is 17.2 Å². The van der Waals surface area contributed by atoms with Gasteiger partial charge in [-0.15, -0.1) is 0 Å². The first-order chi connectivity index (χ1) is 15.8. The molecule has 1 unspecified atom stereocenters. The van der Waals surface area contributed by atoms with Crippen LogP contribution in [0.25, 0.3) is 5.76 Å². The summed E-state index contributed by atoms with van der Waals surface area (Å²) in [6.45, 7) is 5.30. The Hall–Kier alpha value is -4.19. The molecule has 1 fully saturated rings. The highest BCUT2D eigenvalue weighted by Gasteiger charge is 2.46. The maximum absolute atomic E-state index is 13.2. The fourth-order valence-electron chi connectivity index (χ4n) is 4.00. The van der Waals surface area contributed by atoms with Gasteiger partial charge in [-0.25, -0.2) is 0 Å². The molecule has 166 valence electrons. The fourth-order valence-corrected chi connectivity index (χ4v) is 4.00. The van der Waals surface area contributed by atoms with Crippen molar-refractivity contribution in [1.29, 1.82) is 0 Å². The number of ketones is 1. The van der Waals surface area contributed by atoms with Gasteiger partial charge in [-0.05, 0) is 60.9 Å². The Morgan fingerprint density at radius 1 is 0.909 bits per heavy atom. The van der Waals surface area contributed by atoms with Crippen LogP contribution in [0.2, 0.25) is 0 Å². The zero-order valence-electron chi connectivity index (χ0n) is 18.6. The Kier molecular flexibility index (Phi) is 5.84. The summed E-state index contributed by atoms with van der Waals surface area (Å²) in [6.07, 6.45) is 0. The molecule has 0 radical (unpaired) electrons. The van der Waals surface area contributed by atoms with Crippen molar-refractivity contribution in [3.8, 4) is 0 Å². The minimum atomic E-state index is -0.792. The summed E-state index contributed by atoms with van der Waals surface area (Å²) in [5.74, 6) is -1.88. The van der Waals surface area contributed by atoms with E-state index in [1.807, 2.05) is 56.3 Å². The smallest absolute Gasteiger partial charge is 0.300 e. The number of rotatable bonds is 4. The number of Topliss-reactive ketones (excluding diaryl/α,β-unsaturated/α-hetero) is 1. The molecule has 3 aromatic rings. The molecule has 1 aliphatic heterocycles. The number of carbonyl (C=O) groups excluding carboxylic acids is 3. The summed E-state index contributed by atoms with van der Waals surface area (Å²) in [5.41, 5.74) is 4.32. The molecule has 6 nitrogen and oxygen atoms in total. The Labute approximate surface area is 192 Å². The molecule has 33 heavy (non-hydrogen) atoms. The quantitative estimate of drug-likeness (QED) is 0.344. The van der Waals surface area contributed by atoms with Gasteiger partial charge >= 0.3 is 0 Å². The Morgan fingerprint density at radius 3 is 2.18 bits per heavy atom. The lowest BCUT2D eigenvalue weighted by Gasteiger charge is -2.25. The summed E-state index contributed by atoms with van der Waals surface area (Å²) in [6, 6.07) is 20.5. The van der Waals surface area contributed by atoms with Gasteiger partial charge in [0.1, 0.15) is 5.76 Å². The second-order valence-corrected chi connectivity index (χ2v) is 8.11. The predicted octanol–water partition coefficient (Wildman–Crippen LogP) is 4.89. The molecule has 1 saturated heterocycles. The van der Waals surface area contributed by atoms with Gasteiger partial charge in [0.25, 0.3) is 11.7 Å². The number of hydrogen-bond acceptors (Lipinski definition) is 4. The van der Waals surface area contributed by atoms with Gasteiger partial charge in [0.05, 0.1) is 11.6 Å². The lowest BCUT2D eigenvalue weighted by molar-refractivity contribution is -0.132. The van der Waals surface area contributed by atoms with Crippen molar-refractivity contribution in [2.24, 2.45) is 0 Å². The van der Waals surface area contributed by atoms with Crippen LogP contribution < -0.4 is 10.2 Å². The minimum absolute atomic E-state index is 0.0420. The van der Waals surface area contributed by atoms with Gasteiger partial charge < -0.3 is 10.4 Å². The van der Waals surface area contributed by atoms with Crippen LogP contribution in [0, 0.1) is 13.8 Å². The van der Waals surface area contributed by atoms with Crippen molar-refractivity contribution in [3.63, 3.8) is 0 Å². The van der Waals surface area contributed by atoms with Gasteiger partial charge in [0.2, 0.25) is 5.91 Å². The van der Waals surface area contributed by atoms with E-state index in [0.717, 1.165) is 11.1 Å². The second-order valence-electron chi connectivity index (χ2n) is 8.11. The largest absolute Gasteiger partial charge is 0.507 e. The van der Waals surface area contributed by atoms with Gasteiger partial charge in [0.15, 0.2) is 0 Å². The maximum atomic E-state index is 13.2. The van der Waals surface area contributed by atoms with Crippen molar-refractivity contribution in [1.82, 2.24) is 0 Å². The van der Waals surface area contributed by atoms with E-state index in [1.54, 1.807) is 30.3 Å². The molecular weight excluding hydrogens is 416 g/mol. The summed E-state index contributed by atoms with van der Waals surface area (Å²) in [4.78, 5) is 39.1. The minimum Gasteiger partial charge on any atom is -0.507 e. The molecule has 6 heteroatoms. The highest BCUT2D eigenvalue weighted by Crippen LogP contribution is 2.42. The van der Waals surface area contributed by atoms with Crippen molar-refractivity contribution in [2.45, 2.75) is 26.8 Å². The topological polar surface area (TPSA) is 86.7 Å². The normalized spacial score (nSPS) is 17.3. The van der Waals surface area contributed by atoms with E-state index in [1.165, 1.54) is 11.8 Å². The molecule has 0 spiro atoms. The Balaban J connectivity index is 1.87. The van der Waals surface area contributed by atoms with E-state index in [9.17, 15) is 19.5 Å². The first-order valence-corrected chi connectivity index (χ1v) is 10.6. The third-order valence-electron chi connectivity index (χ3n) is 5.81. The maximum Gasteiger partial charge on any atom is 0.300 e. The first kappa shape index (κ1) is 22.0. The molecule has 0 bridgehead atoms. The van der Waals surface area contributed by atoms with Crippen molar-refractivity contribution in [3.05, 3.63) is 101 Å². The summed E-state index contributed by atoms with van der Waals surface area (Å²) >= 11 is 0. The molecule has 3 aromatic carbocycles. The van der Waals surface area contributed by atoms with Gasteiger partial charge in [-0.1, -0.05) is 42.5 Å². The first-order valence-electron chi connectivity index (χ1n) is 10.6. The van der Waals surface area contributed by atoms with E-state index >= 15 is 0 Å². The SMILES string of the molecule is CC(=O)Nc1ccc(N2C(=O)C(=O)/C(=C(\O)c3ccc(C)c(C)c3)C2c2ccccc2)cc1. The Morgan fingerprint density at radius 2 is 1.58 bits per heavy atom. The number of anilines is 2. The van der Waals surface area contributed by atoms with Crippen LogP contribution in [0.15, 0.2) is 78.4 Å². The molecule has 4 rings (SSSR count). The molecule has 2 N–H and O–H groups in total. The third kappa shape index (κ3) is 4.15. The van der Waals surface area contributed by atoms with Crippen LogP contribution >= 0.6 is 0 Å². The predicted molar refractivity (Wildman–Crippen MR) is 128 cm³/mol. The highest BCUT2D eigenvalue weighted by atomic mass is 16.3. The number of aliphatic hydroxyl groups excluding tert-OH is 1. The van der Waals surface area contributed by atoms with Crippen molar-refractivity contribution >= 4 is 34.7 Å². The van der Waals surface area contributed by atoms with E-state index in [2.05, 4.69) is 5.32 Å². The zero-order chi connectivity index (χ0) is 23.7. The zero-order valence-corrected chi connectivity index (χ0v) is 18.6. The van der Waals surface area contributed by atoms with E-state index < -0.39 is 17.7 Å². The molecule has 2 amide bonds. The van der Waals surface area contributed by atoms with Crippen LogP contribution in [0.1, 0.15) is 35.2 Å². The molecule has 1 heterocycles. The molecule has 0 aliphatic carbocycles. The summed E-state index contributed by atoms with van der Waals surface area (Å²) < 4.78 is 0. The summed E-state index contributed by atoms with van der Waals surface area (Å²) in [5, 5.41) is 13.9. The number of aliphatic hydroxyl groups is 1. The molecule has 1 atom stereocenters. The average molecular weight is 440 g/mol. The molecule has 1 aliphatic rings. The molecule has 0 aromatic heterocycles. The fraction of sp³-hybridized carbons (Fsp3) is 0.148. The molecular formula is C27H24N2O4. The Bertz CT molecular complexity index is 1280. The summed E-state index contributed by atoms with van der Waals surface area (Å²) in [7, 11) is 0. The number of hydrogen-bond donors (Lipinski definition) is 2. The van der Waals surface area contributed by atoms with Gasteiger partial charge in [-0.2, -0.15) is 0 Å². The lowest BCUT2D eigenvalue weighted by Crippen LogP contribution is -2.29. The number of carbonyl (C=O) groups is 3. The average Bonchev–Trinajstić information content (AvgIpc) is 3.06. The van der Waals surface area contributed by atoms with Crippen LogP contribution in [-0.2, 0) is 14.4 Å². The second kappa shape index (κ2) is 8.74. The molecule has 0 saturated carbocycles. The number of nitrogens with one attached hydrogen (secondary N) is 1. The van der Waals surface area contributed by atoms with Crippen molar-refractivity contribution < 1.29 is 19.5 Å². The van der Waals surface area contributed by atoms with Crippen LogP contribution in [-0.4, -0.2) is 22.7 Å².